The molecule has 2 aromatic rings. The number of carbonyl (C=O) groups is 4. The summed E-state index contributed by atoms with van der Waals surface area (Å²) in [5.74, 6) is -7.26. The van der Waals surface area contributed by atoms with Crippen molar-refractivity contribution in [2.75, 3.05) is 13.2 Å². The average molecular weight is 478 g/mol. The minimum Gasteiger partial charge on any atom is -0.504 e. The highest BCUT2D eigenvalue weighted by Crippen LogP contribution is 2.27. The Kier molecular flexibility index (Phi) is 8.65. The Bertz CT molecular complexity index is 992. The van der Waals surface area contributed by atoms with E-state index in [1.807, 2.05) is 0 Å². The number of benzene rings is 2. The van der Waals surface area contributed by atoms with Gasteiger partial charge in [0, 0.05) is 0 Å². The van der Waals surface area contributed by atoms with Gasteiger partial charge in [-0.25, -0.2) is 19.2 Å². The van der Waals surface area contributed by atoms with Gasteiger partial charge in [-0.2, -0.15) is 0 Å². The first-order valence-corrected chi connectivity index (χ1v) is 9.88. The van der Waals surface area contributed by atoms with Crippen LogP contribution in [0, 0.1) is 0 Å². The Morgan fingerprint density at radius 1 is 0.647 bits per heavy atom. The number of ether oxygens (including phenoxy) is 4. The Labute approximate surface area is 192 Å². The second-order valence-corrected chi connectivity index (χ2v) is 6.56. The number of aromatic hydroxyl groups is 4. The zero-order chi connectivity index (χ0) is 25.4. The van der Waals surface area contributed by atoms with Crippen molar-refractivity contribution in [3.8, 4) is 23.0 Å². The maximum atomic E-state index is 12.6. The van der Waals surface area contributed by atoms with Crippen molar-refractivity contribution in [3.05, 3.63) is 47.5 Å². The third kappa shape index (κ3) is 6.28. The van der Waals surface area contributed by atoms with E-state index in [0.29, 0.717) is 0 Å². The maximum absolute atomic E-state index is 12.6. The summed E-state index contributed by atoms with van der Waals surface area (Å²) in [5, 5.41) is 38.0. The fraction of sp³-hybridized carbons (Fsp3) is 0.273. The molecule has 0 saturated carbocycles. The van der Waals surface area contributed by atoms with E-state index in [0.717, 1.165) is 36.4 Å². The van der Waals surface area contributed by atoms with Crippen LogP contribution in [0.2, 0.25) is 0 Å². The summed E-state index contributed by atoms with van der Waals surface area (Å²) >= 11 is 0. The van der Waals surface area contributed by atoms with Crippen LogP contribution in [-0.4, -0.2) is 69.7 Å². The van der Waals surface area contributed by atoms with Gasteiger partial charge in [-0.05, 0) is 50.2 Å². The largest absolute Gasteiger partial charge is 0.504 e. The van der Waals surface area contributed by atoms with E-state index < -0.39 is 59.1 Å². The third-order valence-corrected chi connectivity index (χ3v) is 4.20. The van der Waals surface area contributed by atoms with Crippen LogP contribution < -0.4 is 0 Å². The minimum atomic E-state index is -2.11. The van der Waals surface area contributed by atoms with Crippen molar-refractivity contribution in [2.45, 2.75) is 26.1 Å². The molecule has 0 bridgehead atoms. The summed E-state index contributed by atoms with van der Waals surface area (Å²) in [4.78, 5) is 50.2. The number of rotatable bonds is 9. The first kappa shape index (κ1) is 25.8. The van der Waals surface area contributed by atoms with Gasteiger partial charge < -0.3 is 39.4 Å². The van der Waals surface area contributed by atoms with Gasteiger partial charge in [-0.15, -0.1) is 0 Å². The lowest BCUT2D eigenvalue weighted by Gasteiger charge is -2.24. The molecule has 34 heavy (non-hydrogen) atoms. The molecular weight excluding hydrogens is 456 g/mol. The van der Waals surface area contributed by atoms with Gasteiger partial charge in [0.1, 0.15) is 0 Å². The Morgan fingerprint density at radius 2 is 1.00 bits per heavy atom. The SMILES string of the molecule is CCOC(=O)[C@H](OC(=O)c1ccc(O)c(O)c1)[C@@H](OC(=O)c1ccc(O)c(O)c1)C(=O)OCC. The normalized spacial score (nSPS) is 12.2. The number of phenolic OH excluding ortho intramolecular Hbond substituents is 4. The molecule has 0 fully saturated rings. The molecule has 0 unspecified atom stereocenters. The van der Waals surface area contributed by atoms with Gasteiger partial charge >= 0.3 is 23.9 Å². The molecule has 0 spiro atoms. The molecule has 12 nitrogen and oxygen atoms in total. The van der Waals surface area contributed by atoms with E-state index in [9.17, 15) is 39.6 Å². The second kappa shape index (κ2) is 11.4. The predicted octanol–water partition coefficient (Wildman–Crippen LogP) is 1.39. The molecule has 0 aromatic heterocycles. The molecule has 2 rings (SSSR count). The quantitative estimate of drug-likeness (QED) is 0.231. The van der Waals surface area contributed by atoms with E-state index in [2.05, 4.69) is 0 Å². The first-order valence-electron chi connectivity index (χ1n) is 9.88. The summed E-state index contributed by atoms with van der Waals surface area (Å²) in [5.41, 5.74) is -0.607. The van der Waals surface area contributed by atoms with Crippen LogP contribution in [0.4, 0.5) is 0 Å². The monoisotopic (exact) mass is 478 g/mol. The Hall–Kier alpha value is -4.48. The molecule has 182 valence electrons. The number of esters is 4. The maximum Gasteiger partial charge on any atom is 0.352 e. The number of hydrogen-bond acceptors (Lipinski definition) is 12. The molecule has 0 heterocycles. The van der Waals surface area contributed by atoms with Crippen LogP contribution in [0.25, 0.3) is 0 Å². The highest BCUT2D eigenvalue weighted by molar-refractivity contribution is 5.96. The molecule has 12 heteroatoms. The molecule has 0 radical (unpaired) electrons. The van der Waals surface area contributed by atoms with E-state index in [1.165, 1.54) is 13.8 Å². The molecule has 0 amide bonds. The van der Waals surface area contributed by atoms with Gasteiger partial charge in [-0.1, -0.05) is 0 Å². The molecule has 2 aromatic carbocycles. The third-order valence-electron chi connectivity index (χ3n) is 4.20. The van der Waals surface area contributed by atoms with Crippen LogP contribution in [0.1, 0.15) is 34.6 Å². The first-order chi connectivity index (χ1) is 16.1. The van der Waals surface area contributed by atoms with Crippen molar-refractivity contribution in [3.63, 3.8) is 0 Å². The van der Waals surface area contributed by atoms with Crippen LogP contribution in [0.3, 0.4) is 0 Å². The topological polar surface area (TPSA) is 186 Å². The van der Waals surface area contributed by atoms with Crippen LogP contribution >= 0.6 is 0 Å². The Morgan fingerprint density at radius 3 is 1.29 bits per heavy atom. The fourth-order valence-electron chi connectivity index (χ4n) is 2.58. The summed E-state index contributed by atoms with van der Waals surface area (Å²) < 4.78 is 19.8. The molecule has 0 aliphatic carbocycles. The van der Waals surface area contributed by atoms with E-state index in [1.54, 1.807) is 0 Å². The van der Waals surface area contributed by atoms with E-state index >= 15 is 0 Å². The second-order valence-electron chi connectivity index (χ2n) is 6.56. The van der Waals surface area contributed by atoms with Crippen LogP contribution in [0.15, 0.2) is 36.4 Å². The van der Waals surface area contributed by atoms with Crippen molar-refractivity contribution in [1.29, 1.82) is 0 Å². The van der Waals surface area contributed by atoms with Crippen molar-refractivity contribution in [2.24, 2.45) is 0 Å². The summed E-state index contributed by atoms with van der Waals surface area (Å²) in [6.07, 6.45) is -4.23. The molecular formula is C22H22O12. The molecule has 0 aliphatic heterocycles. The standard InChI is InChI=1S/C22H22O12/c1-3-31-21(29)17(33-19(27)11-5-7-13(23)15(25)9-11)18(22(30)32-4-2)34-20(28)12-6-8-14(24)16(26)10-12/h5-10,17-18,23-26H,3-4H2,1-2H3/t17-,18-/m1/s1. The number of phenols is 4. The molecule has 4 N–H and O–H groups in total. The zero-order valence-electron chi connectivity index (χ0n) is 18.1. The minimum absolute atomic E-state index is 0.178. The van der Waals surface area contributed by atoms with Gasteiger partial charge in [0.05, 0.1) is 24.3 Å². The lowest BCUT2D eigenvalue weighted by Crippen LogP contribution is -2.47. The van der Waals surface area contributed by atoms with Crippen LogP contribution in [0.5, 0.6) is 23.0 Å². The zero-order valence-corrected chi connectivity index (χ0v) is 18.1. The lowest BCUT2D eigenvalue weighted by molar-refractivity contribution is -0.173. The fourth-order valence-corrected chi connectivity index (χ4v) is 2.58. The number of hydrogen-bond donors (Lipinski definition) is 4. The predicted molar refractivity (Wildman–Crippen MR) is 111 cm³/mol. The number of carbonyl (C=O) groups excluding carboxylic acids is 4. The molecule has 2 atom stereocenters. The van der Waals surface area contributed by atoms with Crippen molar-refractivity contribution >= 4 is 23.9 Å². The van der Waals surface area contributed by atoms with E-state index in [4.69, 9.17) is 18.9 Å². The highest BCUT2D eigenvalue weighted by atomic mass is 16.6. The smallest absolute Gasteiger partial charge is 0.352 e. The molecule has 0 saturated heterocycles. The summed E-state index contributed by atoms with van der Waals surface area (Å²) in [6.45, 7) is 2.53. The Balaban J connectivity index is 2.40. The van der Waals surface area contributed by atoms with Crippen molar-refractivity contribution in [1.82, 2.24) is 0 Å². The average Bonchev–Trinajstić information content (AvgIpc) is 2.79. The summed E-state index contributed by atoms with van der Waals surface area (Å²) in [7, 11) is 0. The van der Waals surface area contributed by atoms with Gasteiger partial charge in [0.15, 0.2) is 23.0 Å². The van der Waals surface area contributed by atoms with Crippen molar-refractivity contribution < 1.29 is 58.6 Å². The van der Waals surface area contributed by atoms with Crippen LogP contribution in [-0.2, 0) is 28.5 Å². The molecule has 0 aliphatic rings. The van der Waals surface area contributed by atoms with E-state index in [-0.39, 0.29) is 24.3 Å². The van der Waals surface area contributed by atoms with Gasteiger partial charge in [-0.3, -0.25) is 0 Å². The summed E-state index contributed by atoms with van der Waals surface area (Å²) in [6, 6.07) is 5.83. The lowest BCUT2D eigenvalue weighted by atomic mass is 10.1. The van der Waals surface area contributed by atoms with Gasteiger partial charge in [0.2, 0.25) is 12.2 Å². The van der Waals surface area contributed by atoms with Gasteiger partial charge in [0.25, 0.3) is 0 Å². The highest BCUT2D eigenvalue weighted by Gasteiger charge is 2.43.